The maximum atomic E-state index is 12.7. The number of aromatic nitrogens is 4. The molecular weight excluding hydrogens is 410 g/mol. The van der Waals surface area contributed by atoms with E-state index in [0.29, 0.717) is 33.7 Å². The highest BCUT2D eigenvalue weighted by atomic mass is 35.5. The number of benzene rings is 2. The lowest BCUT2D eigenvalue weighted by atomic mass is 10.2. The second-order valence-electron chi connectivity index (χ2n) is 6.18. The van der Waals surface area contributed by atoms with E-state index in [4.69, 9.17) is 16.3 Å². The average molecular weight is 426 g/mol. The fourth-order valence-electron chi connectivity index (χ4n) is 2.59. The first kappa shape index (κ1) is 19.1. The maximum absolute atomic E-state index is 12.7. The van der Waals surface area contributed by atoms with Crippen molar-refractivity contribution in [3.63, 3.8) is 0 Å². The molecule has 4 rings (SSSR count). The van der Waals surface area contributed by atoms with Crippen molar-refractivity contribution in [2.45, 2.75) is 13.5 Å². The van der Waals surface area contributed by atoms with Crippen LogP contribution in [-0.4, -0.2) is 25.7 Å². The van der Waals surface area contributed by atoms with E-state index in [1.54, 1.807) is 34.6 Å². The minimum atomic E-state index is -0.341. The van der Waals surface area contributed by atoms with Gasteiger partial charge in [0.15, 0.2) is 0 Å². The molecule has 2 aromatic carbocycles. The number of nitrogens with one attached hydrogen (secondary N) is 1. The standard InChI is InChI=1S/C20H16ClN5O2S/c1-13-2-5-15(6-3-13)28-9-19-24-17(10-29-19)20(27)25-16-8-14(21)4-7-18(16)26-12-22-11-23-26/h2-8,10-12H,9H2,1H3,(H,25,27). The minimum absolute atomic E-state index is 0.294. The molecule has 29 heavy (non-hydrogen) atoms. The van der Waals surface area contributed by atoms with Gasteiger partial charge in [-0.15, -0.1) is 11.3 Å². The number of carbonyl (C=O) groups excluding carboxylic acids is 1. The molecule has 0 atom stereocenters. The van der Waals surface area contributed by atoms with Crippen LogP contribution in [-0.2, 0) is 6.61 Å². The lowest BCUT2D eigenvalue weighted by molar-refractivity contribution is 0.102. The molecule has 0 radical (unpaired) electrons. The van der Waals surface area contributed by atoms with Crippen LogP contribution < -0.4 is 10.1 Å². The Morgan fingerprint density at radius 2 is 2.07 bits per heavy atom. The van der Waals surface area contributed by atoms with Crippen molar-refractivity contribution in [2.75, 3.05) is 5.32 Å². The topological polar surface area (TPSA) is 81.9 Å². The van der Waals surface area contributed by atoms with E-state index >= 15 is 0 Å². The predicted octanol–water partition coefficient (Wildman–Crippen LogP) is 4.52. The SMILES string of the molecule is Cc1ccc(OCc2nc(C(=O)Nc3cc(Cl)ccc3-n3cncn3)cs2)cc1. The van der Waals surface area contributed by atoms with E-state index in [-0.39, 0.29) is 5.91 Å². The summed E-state index contributed by atoms with van der Waals surface area (Å²) in [6, 6.07) is 12.9. The molecule has 7 nitrogen and oxygen atoms in total. The number of thiazole rings is 1. The first-order chi connectivity index (χ1) is 14.1. The highest BCUT2D eigenvalue weighted by molar-refractivity contribution is 7.09. The largest absolute Gasteiger partial charge is 0.486 e. The normalized spacial score (nSPS) is 10.7. The van der Waals surface area contributed by atoms with Crippen molar-refractivity contribution >= 4 is 34.5 Å². The monoisotopic (exact) mass is 425 g/mol. The Bertz CT molecular complexity index is 1130. The fourth-order valence-corrected chi connectivity index (χ4v) is 3.45. The Labute approximate surface area is 176 Å². The number of hydrogen-bond donors (Lipinski definition) is 1. The third-order valence-electron chi connectivity index (χ3n) is 4.04. The van der Waals surface area contributed by atoms with Crippen LogP contribution in [0.2, 0.25) is 5.02 Å². The number of aryl methyl sites for hydroxylation is 1. The highest BCUT2D eigenvalue weighted by Crippen LogP contribution is 2.25. The molecule has 0 aliphatic carbocycles. The second-order valence-corrected chi connectivity index (χ2v) is 7.56. The molecule has 0 bridgehead atoms. The number of anilines is 1. The number of hydrogen-bond acceptors (Lipinski definition) is 6. The first-order valence-corrected chi connectivity index (χ1v) is 9.94. The summed E-state index contributed by atoms with van der Waals surface area (Å²) in [4.78, 5) is 21.0. The van der Waals surface area contributed by atoms with Gasteiger partial charge in [-0.2, -0.15) is 5.10 Å². The Kier molecular flexibility index (Phi) is 5.55. The lowest BCUT2D eigenvalue weighted by Crippen LogP contribution is -2.14. The first-order valence-electron chi connectivity index (χ1n) is 8.68. The number of amides is 1. The van der Waals surface area contributed by atoms with Crippen LogP contribution in [0.25, 0.3) is 5.69 Å². The van der Waals surface area contributed by atoms with Crippen molar-refractivity contribution in [2.24, 2.45) is 0 Å². The quantitative estimate of drug-likeness (QED) is 0.491. The summed E-state index contributed by atoms with van der Waals surface area (Å²) in [6.07, 6.45) is 2.96. The van der Waals surface area contributed by atoms with Crippen LogP contribution >= 0.6 is 22.9 Å². The van der Waals surface area contributed by atoms with Crippen LogP contribution in [0, 0.1) is 6.92 Å². The number of rotatable bonds is 6. The van der Waals surface area contributed by atoms with E-state index in [2.05, 4.69) is 20.4 Å². The third-order valence-corrected chi connectivity index (χ3v) is 5.10. The maximum Gasteiger partial charge on any atom is 0.275 e. The van der Waals surface area contributed by atoms with Gasteiger partial charge in [0.2, 0.25) is 0 Å². The van der Waals surface area contributed by atoms with Crippen LogP contribution in [0.3, 0.4) is 0 Å². The Balaban J connectivity index is 1.46. The summed E-state index contributed by atoms with van der Waals surface area (Å²) in [5.74, 6) is 0.416. The van der Waals surface area contributed by atoms with Gasteiger partial charge in [0, 0.05) is 10.4 Å². The Morgan fingerprint density at radius 3 is 2.83 bits per heavy atom. The molecule has 2 heterocycles. The number of carbonyl (C=O) groups is 1. The Morgan fingerprint density at radius 1 is 1.24 bits per heavy atom. The van der Waals surface area contributed by atoms with E-state index in [9.17, 15) is 4.79 Å². The van der Waals surface area contributed by atoms with Gasteiger partial charge in [-0.3, -0.25) is 4.79 Å². The van der Waals surface area contributed by atoms with Crippen molar-refractivity contribution < 1.29 is 9.53 Å². The Hall–Kier alpha value is -3.23. The zero-order chi connectivity index (χ0) is 20.2. The predicted molar refractivity (Wildman–Crippen MR) is 112 cm³/mol. The van der Waals surface area contributed by atoms with Gasteiger partial charge in [0.25, 0.3) is 5.91 Å². The molecule has 0 unspecified atom stereocenters. The van der Waals surface area contributed by atoms with Gasteiger partial charge >= 0.3 is 0 Å². The second kappa shape index (κ2) is 8.42. The molecule has 0 fully saturated rings. The van der Waals surface area contributed by atoms with E-state index in [0.717, 1.165) is 11.3 Å². The van der Waals surface area contributed by atoms with Crippen LogP contribution in [0.1, 0.15) is 21.1 Å². The van der Waals surface area contributed by atoms with Crippen LogP contribution in [0.4, 0.5) is 5.69 Å². The molecule has 2 aromatic heterocycles. The highest BCUT2D eigenvalue weighted by Gasteiger charge is 2.15. The summed E-state index contributed by atoms with van der Waals surface area (Å²) in [7, 11) is 0. The summed E-state index contributed by atoms with van der Waals surface area (Å²) < 4.78 is 7.27. The molecule has 9 heteroatoms. The van der Waals surface area contributed by atoms with Crippen molar-refractivity contribution in [1.29, 1.82) is 0 Å². The molecule has 0 saturated carbocycles. The number of nitrogens with zero attached hydrogens (tertiary/aromatic N) is 4. The third kappa shape index (κ3) is 4.61. The van der Waals surface area contributed by atoms with Crippen molar-refractivity contribution in [3.05, 3.63) is 81.8 Å². The van der Waals surface area contributed by atoms with E-state index in [1.165, 1.54) is 17.7 Å². The summed E-state index contributed by atoms with van der Waals surface area (Å²) >= 11 is 7.46. The van der Waals surface area contributed by atoms with E-state index < -0.39 is 0 Å². The molecule has 0 saturated heterocycles. The molecule has 1 N–H and O–H groups in total. The number of ether oxygens (including phenoxy) is 1. The summed E-state index contributed by atoms with van der Waals surface area (Å²) in [5.41, 5.74) is 2.63. The summed E-state index contributed by atoms with van der Waals surface area (Å²) in [5, 5.41) is 9.84. The van der Waals surface area contributed by atoms with Crippen LogP contribution in [0.15, 0.2) is 60.5 Å². The molecule has 4 aromatic rings. The van der Waals surface area contributed by atoms with Gasteiger partial charge in [0.05, 0.1) is 11.4 Å². The van der Waals surface area contributed by atoms with Gasteiger partial charge in [-0.25, -0.2) is 14.6 Å². The average Bonchev–Trinajstić information content (AvgIpc) is 3.40. The van der Waals surface area contributed by atoms with Gasteiger partial charge in [-0.1, -0.05) is 29.3 Å². The van der Waals surface area contributed by atoms with Gasteiger partial charge in [-0.05, 0) is 37.3 Å². The molecule has 146 valence electrons. The lowest BCUT2D eigenvalue weighted by Gasteiger charge is -2.10. The van der Waals surface area contributed by atoms with Gasteiger partial charge < -0.3 is 10.1 Å². The summed E-state index contributed by atoms with van der Waals surface area (Å²) in [6.45, 7) is 2.31. The molecule has 0 spiro atoms. The van der Waals surface area contributed by atoms with E-state index in [1.807, 2.05) is 31.2 Å². The number of halogens is 1. The minimum Gasteiger partial charge on any atom is -0.486 e. The smallest absolute Gasteiger partial charge is 0.275 e. The van der Waals surface area contributed by atoms with Crippen LogP contribution in [0.5, 0.6) is 5.75 Å². The molecule has 0 aliphatic heterocycles. The zero-order valence-electron chi connectivity index (χ0n) is 15.4. The molecule has 1 amide bonds. The molecule has 0 aliphatic rings. The van der Waals surface area contributed by atoms with Gasteiger partial charge in [0.1, 0.15) is 35.7 Å². The molecular formula is C20H16ClN5O2S. The van der Waals surface area contributed by atoms with Crippen molar-refractivity contribution in [1.82, 2.24) is 19.7 Å². The zero-order valence-corrected chi connectivity index (χ0v) is 16.9. The fraction of sp³-hybridized carbons (Fsp3) is 0.100. The van der Waals surface area contributed by atoms with Crippen molar-refractivity contribution in [3.8, 4) is 11.4 Å².